The van der Waals surface area contributed by atoms with Gasteiger partial charge in [-0.2, -0.15) is 18.3 Å². The summed E-state index contributed by atoms with van der Waals surface area (Å²) < 4.78 is 41.4. The molecule has 24 heavy (non-hydrogen) atoms. The molecule has 1 N–H and O–H groups in total. The molecule has 2 atom stereocenters. The average molecular weight is 337 g/mol. The second kappa shape index (κ2) is 6.41. The Bertz CT molecular complexity index is 726. The number of aliphatic hydroxyl groups excluding tert-OH is 1. The van der Waals surface area contributed by atoms with Gasteiger partial charge >= 0.3 is 6.18 Å². The maximum atomic E-state index is 13.3. The van der Waals surface area contributed by atoms with Crippen LogP contribution in [-0.2, 0) is 12.7 Å². The molecule has 4 nitrogen and oxygen atoms in total. The molecule has 1 aliphatic rings. The zero-order valence-corrected chi connectivity index (χ0v) is 12.9. The van der Waals surface area contributed by atoms with Crippen LogP contribution < -0.4 is 0 Å². The zero-order valence-electron chi connectivity index (χ0n) is 12.9. The van der Waals surface area contributed by atoms with Crippen LogP contribution in [0.2, 0.25) is 0 Å². The van der Waals surface area contributed by atoms with Crippen molar-refractivity contribution in [3.8, 4) is 0 Å². The molecule has 1 saturated heterocycles. The van der Waals surface area contributed by atoms with Gasteiger partial charge in [0.25, 0.3) is 0 Å². The molecule has 1 aliphatic heterocycles. The van der Waals surface area contributed by atoms with Gasteiger partial charge in [0, 0.05) is 37.1 Å². The maximum Gasteiger partial charge on any atom is 0.416 e. The van der Waals surface area contributed by atoms with Crippen molar-refractivity contribution in [2.45, 2.75) is 31.3 Å². The summed E-state index contributed by atoms with van der Waals surface area (Å²) >= 11 is 0. The average Bonchev–Trinajstić information content (AvgIpc) is 3.13. The van der Waals surface area contributed by atoms with Gasteiger partial charge in [0.15, 0.2) is 0 Å². The lowest BCUT2D eigenvalue weighted by Gasteiger charge is -2.26. The van der Waals surface area contributed by atoms with E-state index in [0.717, 1.165) is 11.6 Å². The number of hydrogen-bond acceptors (Lipinski definition) is 3. The number of β-amino-alcohol motifs (C(OH)–C–C–N with tert-alkyl or cyclic N) is 1. The highest BCUT2D eigenvalue weighted by Gasteiger charge is 2.39. The van der Waals surface area contributed by atoms with Crippen LogP contribution in [-0.4, -0.2) is 32.4 Å². The number of likely N-dealkylation sites (tertiary alicyclic amines) is 1. The Labute approximate surface area is 137 Å². The van der Waals surface area contributed by atoms with Gasteiger partial charge in [-0.05, 0) is 18.1 Å². The molecule has 0 unspecified atom stereocenters. The van der Waals surface area contributed by atoms with E-state index in [1.54, 1.807) is 29.3 Å². The summed E-state index contributed by atoms with van der Waals surface area (Å²) in [5, 5.41) is 14.1. The van der Waals surface area contributed by atoms with Gasteiger partial charge in [-0.1, -0.05) is 24.8 Å². The molecule has 0 saturated carbocycles. The van der Waals surface area contributed by atoms with Crippen LogP contribution in [0, 0.1) is 0 Å². The highest BCUT2D eigenvalue weighted by atomic mass is 19.4. The number of hydrogen-bond donors (Lipinski definition) is 1. The lowest BCUT2D eigenvalue weighted by molar-refractivity contribution is -0.138. The summed E-state index contributed by atoms with van der Waals surface area (Å²) in [7, 11) is 0. The molecular weight excluding hydrogens is 319 g/mol. The topological polar surface area (TPSA) is 41.3 Å². The summed E-state index contributed by atoms with van der Waals surface area (Å²) in [5.41, 5.74) is 0.423. The summed E-state index contributed by atoms with van der Waals surface area (Å²) in [6.45, 7) is 4.36. The van der Waals surface area contributed by atoms with Crippen LogP contribution in [0.3, 0.4) is 0 Å². The fourth-order valence-electron chi connectivity index (χ4n) is 3.22. The van der Waals surface area contributed by atoms with Gasteiger partial charge in [-0.3, -0.25) is 4.90 Å². The molecule has 0 spiro atoms. The Morgan fingerprint density at radius 3 is 2.75 bits per heavy atom. The molecular formula is C17H18F3N3O. The zero-order chi connectivity index (χ0) is 17.3. The number of benzene rings is 1. The Morgan fingerprint density at radius 2 is 2.08 bits per heavy atom. The van der Waals surface area contributed by atoms with E-state index in [4.69, 9.17) is 0 Å². The quantitative estimate of drug-likeness (QED) is 0.931. The first kappa shape index (κ1) is 16.7. The molecule has 1 fully saturated rings. The van der Waals surface area contributed by atoms with Crippen molar-refractivity contribution in [2.24, 2.45) is 0 Å². The molecule has 2 aromatic rings. The molecule has 0 radical (unpaired) electrons. The Kier molecular flexibility index (Phi) is 4.47. The van der Waals surface area contributed by atoms with E-state index in [2.05, 4.69) is 11.7 Å². The number of rotatable bonds is 4. The van der Waals surface area contributed by atoms with Crippen molar-refractivity contribution in [2.75, 3.05) is 6.54 Å². The minimum Gasteiger partial charge on any atom is -0.392 e. The highest BCUT2D eigenvalue weighted by molar-refractivity contribution is 5.33. The molecule has 1 aromatic heterocycles. The van der Waals surface area contributed by atoms with Crippen molar-refractivity contribution >= 4 is 6.20 Å². The van der Waals surface area contributed by atoms with Crippen LogP contribution in [0.1, 0.15) is 29.2 Å². The predicted molar refractivity (Wildman–Crippen MR) is 83.8 cm³/mol. The minimum atomic E-state index is -4.41. The van der Waals surface area contributed by atoms with Crippen molar-refractivity contribution < 1.29 is 18.3 Å². The third-order valence-electron chi connectivity index (χ3n) is 4.23. The first-order valence-electron chi connectivity index (χ1n) is 7.62. The summed E-state index contributed by atoms with van der Waals surface area (Å²) in [4.78, 5) is 1.86. The van der Waals surface area contributed by atoms with Crippen LogP contribution in [0.25, 0.3) is 6.20 Å². The fourth-order valence-corrected chi connectivity index (χ4v) is 3.22. The predicted octanol–water partition coefficient (Wildman–Crippen LogP) is 3.31. The Morgan fingerprint density at radius 1 is 1.33 bits per heavy atom. The summed E-state index contributed by atoms with van der Waals surface area (Å²) in [5.74, 6) is 0. The van der Waals surface area contributed by atoms with Gasteiger partial charge < -0.3 is 5.11 Å². The third-order valence-corrected chi connectivity index (χ3v) is 4.23. The van der Waals surface area contributed by atoms with E-state index in [0.29, 0.717) is 13.1 Å². The maximum absolute atomic E-state index is 13.3. The lowest BCUT2D eigenvalue weighted by Crippen LogP contribution is -2.25. The van der Waals surface area contributed by atoms with E-state index in [9.17, 15) is 18.3 Å². The SMILES string of the molecule is C=Cn1cc(CN2C[C@H](O)C[C@@H]2c2ccccc2C(F)(F)F)cn1. The number of alkyl halides is 3. The first-order chi connectivity index (χ1) is 11.4. The van der Waals surface area contributed by atoms with Gasteiger partial charge in [0.05, 0.1) is 17.9 Å². The largest absolute Gasteiger partial charge is 0.416 e. The second-order valence-electron chi connectivity index (χ2n) is 5.93. The van der Waals surface area contributed by atoms with Crippen LogP contribution >= 0.6 is 0 Å². The van der Waals surface area contributed by atoms with E-state index in [1.165, 1.54) is 12.1 Å². The fraction of sp³-hybridized carbons (Fsp3) is 0.353. The smallest absolute Gasteiger partial charge is 0.392 e. The molecule has 0 bridgehead atoms. The number of aliphatic hydroxyl groups is 1. The van der Waals surface area contributed by atoms with Crippen LogP contribution in [0.4, 0.5) is 13.2 Å². The van der Waals surface area contributed by atoms with Crippen LogP contribution in [0.5, 0.6) is 0 Å². The van der Waals surface area contributed by atoms with E-state index >= 15 is 0 Å². The van der Waals surface area contributed by atoms with Crippen LogP contribution in [0.15, 0.2) is 43.2 Å². The third kappa shape index (κ3) is 3.37. The molecule has 128 valence electrons. The molecule has 3 rings (SSSR count). The number of nitrogens with zero attached hydrogens (tertiary/aromatic N) is 3. The van der Waals surface area contributed by atoms with E-state index < -0.39 is 23.9 Å². The lowest BCUT2D eigenvalue weighted by atomic mass is 9.97. The van der Waals surface area contributed by atoms with E-state index in [1.807, 2.05) is 4.90 Å². The van der Waals surface area contributed by atoms with Crippen molar-refractivity contribution in [3.05, 3.63) is 59.9 Å². The van der Waals surface area contributed by atoms with Gasteiger partial charge in [0.2, 0.25) is 0 Å². The Balaban J connectivity index is 1.90. The van der Waals surface area contributed by atoms with Gasteiger partial charge in [-0.15, -0.1) is 0 Å². The highest BCUT2D eigenvalue weighted by Crippen LogP contribution is 2.40. The second-order valence-corrected chi connectivity index (χ2v) is 5.93. The first-order valence-corrected chi connectivity index (χ1v) is 7.62. The monoisotopic (exact) mass is 337 g/mol. The van der Waals surface area contributed by atoms with Crippen molar-refractivity contribution in [3.63, 3.8) is 0 Å². The molecule has 7 heteroatoms. The standard InChI is InChI=1S/C17H18F3N3O/c1-2-23-10-12(8-21-23)9-22-11-13(24)7-16(22)14-5-3-4-6-15(14)17(18,19)20/h2-6,8,10,13,16,24H,1,7,9,11H2/t13-,16-/m1/s1. The molecule has 1 aromatic carbocycles. The molecule has 2 heterocycles. The van der Waals surface area contributed by atoms with Gasteiger partial charge in [-0.25, -0.2) is 4.68 Å². The van der Waals surface area contributed by atoms with Crippen molar-refractivity contribution in [1.82, 2.24) is 14.7 Å². The summed E-state index contributed by atoms with van der Waals surface area (Å²) in [6, 6.07) is 5.09. The Hall–Kier alpha value is -2.12. The minimum absolute atomic E-state index is 0.206. The van der Waals surface area contributed by atoms with Crippen molar-refractivity contribution in [1.29, 1.82) is 0 Å². The van der Waals surface area contributed by atoms with Gasteiger partial charge in [0.1, 0.15) is 0 Å². The molecule has 0 aliphatic carbocycles. The number of halogens is 3. The van der Waals surface area contributed by atoms with E-state index in [-0.39, 0.29) is 12.0 Å². The summed E-state index contributed by atoms with van der Waals surface area (Å²) in [6.07, 6.45) is 0.180. The normalized spacial score (nSPS) is 22.0. The number of aromatic nitrogens is 2. The molecule has 0 amide bonds.